The number of aromatic nitrogens is 2. The highest BCUT2D eigenvalue weighted by atomic mass is 35.5. The van der Waals surface area contributed by atoms with Gasteiger partial charge in [-0.1, -0.05) is 11.6 Å². The summed E-state index contributed by atoms with van der Waals surface area (Å²) in [5.41, 5.74) is 2.82. The van der Waals surface area contributed by atoms with Crippen LogP contribution in [-0.2, 0) is 13.1 Å². The molecule has 0 amide bonds. The van der Waals surface area contributed by atoms with Crippen LogP contribution >= 0.6 is 22.9 Å². The summed E-state index contributed by atoms with van der Waals surface area (Å²) >= 11 is 7.38. The molecule has 78 valence electrons. The second-order valence-corrected chi connectivity index (χ2v) is 4.45. The first-order valence-corrected chi connectivity index (χ1v) is 5.79. The van der Waals surface area contributed by atoms with Crippen molar-refractivity contribution in [2.45, 2.75) is 13.1 Å². The third-order valence-corrected chi connectivity index (χ3v) is 2.88. The maximum Gasteiger partial charge on any atom is 0.0794 e. The van der Waals surface area contributed by atoms with Crippen molar-refractivity contribution < 1.29 is 0 Å². The van der Waals surface area contributed by atoms with Gasteiger partial charge in [0, 0.05) is 30.4 Å². The van der Waals surface area contributed by atoms with E-state index in [1.165, 1.54) is 4.88 Å². The van der Waals surface area contributed by atoms with Gasteiger partial charge in [-0.15, -0.1) is 11.3 Å². The number of hydrogen-bond donors (Lipinski definition) is 1. The summed E-state index contributed by atoms with van der Waals surface area (Å²) in [5, 5.41) is 3.96. The number of pyridine rings is 1. The Bertz CT molecular complexity index is 399. The first-order chi connectivity index (χ1) is 7.34. The Morgan fingerprint density at radius 1 is 1.27 bits per heavy atom. The Hall–Kier alpha value is -0.970. The fourth-order valence-corrected chi connectivity index (χ4v) is 1.83. The Morgan fingerprint density at radius 2 is 2.20 bits per heavy atom. The molecule has 2 aromatic rings. The zero-order valence-corrected chi connectivity index (χ0v) is 9.55. The molecule has 1 N–H and O–H groups in total. The lowest BCUT2D eigenvalue weighted by molar-refractivity contribution is 0.686. The lowest BCUT2D eigenvalue weighted by atomic mass is 10.3. The molecule has 0 aromatic carbocycles. The van der Waals surface area contributed by atoms with E-state index < -0.39 is 0 Å². The van der Waals surface area contributed by atoms with Crippen LogP contribution in [0.25, 0.3) is 0 Å². The molecule has 0 radical (unpaired) electrons. The summed E-state index contributed by atoms with van der Waals surface area (Å²) in [7, 11) is 0. The SMILES string of the molecule is Clc1ccc(CNCc2cncs2)nc1. The highest BCUT2D eigenvalue weighted by Crippen LogP contribution is 2.07. The van der Waals surface area contributed by atoms with E-state index >= 15 is 0 Å². The minimum Gasteiger partial charge on any atom is -0.306 e. The average Bonchev–Trinajstić information content (AvgIpc) is 2.74. The molecule has 0 spiro atoms. The number of nitrogens with one attached hydrogen (secondary N) is 1. The topological polar surface area (TPSA) is 37.8 Å². The Labute approximate surface area is 97.2 Å². The third-order valence-electron chi connectivity index (χ3n) is 1.88. The highest BCUT2D eigenvalue weighted by Gasteiger charge is 1.96. The maximum atomic E-state index is 5.74. The largest absolute Gasteiger partial charge is 0.306 e. The van der Waals surface area contributed by atoms with Gasteiger partial charge in [0.25, 0.3) is 0 Å². The van der Waals surface area contributed by atoms with E-state index in [1.807, 2.05) is 23.8 Å². The summed E-state index contributed by atoms with van der Waals surface area (Å²) in [6, 6.07) is 3.76. The molecular weight excluding hydrogens is 230 g/mol. The molecule has 5 heteroatoms. The molecule has 0 saturated carbocycles. The molecule has 0 fully saturated rings. The van der Waals surface area contributed by atoms with Crippen molar-refractivity contribution in [1.29, 1.82) is 0 Å². The smallest absolute Gasteiger partial charge is 0.0794 e. The van der Waals surface area contributed by atoms with E-state index in [0.717, 1.165) is 18.8 Å². The highest BCUT2D eigenvalue weighted by molar-refractivity contribution is 7.09. The summed E-state index contributed by atoms with van der Waals surface area (Å²) in [5.74, 6) is 0. The molecule has 0 unspecified atom stereocenters. The van der Waals surface area contributed by atoms with Crippen molar-refractivity contribution in [3.8, 4) is 0 Å². The molecule has 0 bridgehead atoms. The Morgan fingerprint density at radius 3 is 2.87 bits per heavy atom. The Balaban J connectivity index is 1.81. The lowest BCUT2D eigenvalue weighted by Gasteiger charge is -2.01. The standard InChI is InChI=1S/C10H10ClN3S/c11-8-1-2-9(14-3-8)4-12-5-10-6-13-7-15-10/h1-3,6-7,12H,4-5H2. The summed E-state index contributed by atoms with van der Waals surface area (Å²) in [4.78, 5) is 9.42. The van der Waals surface area contributed by atoms with E-state index in [9.17, 15) is 0 Å². The van der Waals surface area contributed by atoms with E-state index in [4.69, 9.17) is 11.6 Å². The fourth-order valence-electron chi connectivity index (χ4n) is 1.15. The van der Waals surface area contributed by atoms with Gasteiger partial charge in [0.15, 0.2) is 0 Å². The molecule has 2 rings (SSSR count). The van der Waals surface area contributed by atoms with Gasteiger partial charge in [-0.3, -0.25) is 9.97 Å². The molecule has 3 nitrogen and oxygen atoms in total. The normalized spacial score (nSPS) is 10.5. The van der Waals surface area contributed by atoms with Crippen LogP contribution in [0.4, 0.5) is 0 Å². The number of hydrogen-bond acceptors (Lipinski definition) is 4. The number of halogens is 1. The fraction of sp³-hybridized carbons (Fsp3) is 0.200. The van der Waals surface area contributed by atoms with Gasteiger partial charge >= 0.3 is 0 Å². The van der Waals surface area contributed by atoms with Gasteiger partial charge in [0.05, 0.1) is 16.2 Å². The molecule has 0 aliphatic heterocycles. The second kappa shape index (κ2) is 5.21. The lowest BCUT2D eigenvalue weighted by Crippen LogP contribution is -2.12. The molecule has 15 heavy (non-hydrogen) atoms. The van der Waals surface area contributed by atoms with E-state index in [1.54, 1.807) is 17.5 Å². The number of thiazole rings is 1. The zero-order chi connectivity index (χ0) is 10.5. The monoisotopic (exact) mass is 239 g/mol. The summed E-state index contributed by atoms with van der Waals surface area (Å²) in [6.45, 7) is 1.57. The summed E-state index contributed by atoms with van der Waals surface area (Å²) < 4.78 is 0. The van der Waals surface area contributed by atoms with Crippen LogP contribution < -0.4 is 5.32 Å². The quantitative estimate of drug-likeness (QED) is 0.891. The van der Waals surface area contributed by atoms with Gasteiger partial charge in [-0.2, -0.15) is 0 Å². The van der Waals surface area contributed by atoms with E-state index in [-0.39, 0.29) is 0 Å². The molecule has 0 atom stereocenters. The van der Waals surface area contributed by atoms with Crippen LogP contribution in [-0.4, -0.2) is 9.97 Å². The number of rotatable bonds is 4. The Kier molecular flexibility index (Phi) is 3.66. The van der Waals surface area contributed by atoms with Crippen LogP contribution in [0.2, 0.25) is 5.02 Å². The molecular formula is C10H10ClN3S. The van der Waals surface area contributed by atoms with Crippen LogP contribution in [0, 0.1) is 0 Å². The van der Waals surface area contributed by atoms with Gasteiger partial charge in [0.1, 0.15) is 0 Å². The molecule has 0 saturated heterocycles. The minimum atomic E-state index is 0.668. The van der Waals surface area contributed by atoms with Crippen LogP contribution in [0.1, 0.15) is 10.6 Å². The van der Waals surface area contributed by atoms with Crippen LogP contribution in [0.5, 0.6) is 0 Å². The zero-order valence-electron chi connectivity index (χ0n) is 7.98. The molecule has 2 heterocycles. The van der Waals surface area contributed by atoms with E-state index in [2.05, 4.69) is 15.3 Å². The third kappa shape index (κ3) is 3.27. The van der Waals surface area contributed by atoms with E-state index in [0.29, 0.717) is 5.02 Å². The maximum absolute atomic E-state index is 5.74. The van der Waals surface area contributed by atoms with Crippen molar-refractivity contribution in [1.82, 2.24) is 15.3 Å². The average molecular weight is 240 g/mol. The first-order valence-electron chi connectivity index (χ1n) is 4.53. The van der Waals surface area contributed by atoms with Crippen molar-refractivity contribution >= 4 is 22.9 Å². The van der Waals surface area contributed by atoms with Crippen molar-refractivity contribution in [2.75, 3.05) is 0 Å². The van der Waals surface area contributed by atoms with Crippen molar-refractivity contribution in [3.63, 3.8) is 0 Å². The predicted octanol–water partition coefficient (Wildman–Crippen LogP) is 2.48. The molecule has 0 aliphatic carbocycles. The van der Waals surface area contributed by atoms with Gasteiger partial charge in [-0.05, 0) is 12.1 Å². The summed E-state index contributed by atoms with van der Waals surface area (Å²) in [6.07, 6.45) is 3.53. The van der Waals surface area contributed by atoms with Crippen LogP contribution in [0.3, 0.4) is 0 Å². The molecule has 0 aliphatic rings. The van der Waals surface area contributed by atoms with Gasteiger partial charge in [0.2, 0.25) is 0 Å². The van der Waals surface area contributed by atoms with Crippen molar-refractivity contribution in [2.24, 2.45) is 0 Å². The number of nitrogens with zero attached hydrogens (tertiary/aromatic N) is 2. The predicted molar refractivity (Wildman–Crippen MR) is 61.9 cm³/mol. The second-order valence-electron chi connectivity index (χ2n) is 3.04. The van der Waals surface area contributed by atoms with Crippen molar-refractivity contribution in [3.05, 3.63) is 45.6 Å². The first kappa shape index (κ1) is 10.5. The molecule has 2 aromatic heterocycles. The van der Waals surface area contributed by atoms with Crippen LogP contribution in [0.15, 0.2) is 30.0 Å². The van der Waals surface area contributed by atoms with Gasteiger partial charge in [-0.25, -0.2) is 0 Å². The van der Waals surface area contributed by atoms with Gasteiger partial charge < -0.3 is 5.32 Å². The minimum absolute atomic E-state index is 0.668.